The van der Waals surface area contributed by atoms with Crippen LogP contribution in [0.3, 0.4) is 0 Å². The standard InChI is InChI=1S/C29H34O11/c1-16-25(38-17(2)30)27(40-24(32)15-34-4)28(39-18(3)31)26(37-16)22-14-20(10-11-23(22)35-5)12-19-8-7-9-21(13-19)29(33)36-6/h7-11,13-14,16,25-28H,12,15H2,1-6H3/t16-,25+,26+,27+,28+/m0/s1. The van der Waals surface area contributed by atoms with Crippen LogP contribution in [0.5, 0.6) is 5.75 Å². The molecule has 3 rings (SSSR count). The summed E-state index contributed by atoms with van der Waals surface area (Å²) in [5.41, 5.74) is 2.64. The van der Waals surface area contributed by atoms with Crippen molar-refractivity contribution in [3.8, 4) is 5.75 Å². The summed E-state index contributed by atoms with van der Waals surface area (Å²) in [6.45, 7) is 3.73. The molecule has 5 atom stereocenters. The van der Waals surface area contributed by atoms with Crippen molar-refractivity contribution >= 4 is 23.9 Å². The van der Waals surface area contributed by atoms with Crippen molar-refractivity contribution in [1.82, 2.24) is 0 Å². The number of hydrogen-bond acceptors (Lipinski definition) is 11. The minimum Gasteiger partial charge on any atom is -0.496 e. The quantitative estimate of drug-likeness (QED) is 0.315. The Hall–Kier alpha value is -3.96. The summed E-state index contributed by atoms with van der Waals surface area (Å²) in [4.78, 5) is 48.6. The first-order chi connectivity index (χ1) is 19.1. The third-order valence-electron chi connectivity index (χ3n) is 6.26. The molecule has 1 saturated heterocycles. The first-order valence-electron chi connectivity index (χ1n) is 12.6. The van der Waals surface area contributed by atoms with Gasteiger partial charge in [-0.3, -0.25) is 9.59 Å². The van der Waals surface area contributed by atoms with Crippen molar-refractivity contribution < 1.29 is 52.3 Å². The van der Waals surface area contributed by atoms with E-state index in [1.807, 2.05) is 18.2 Å². The van der Waals surface area contributed by atoms with Crippen molar-refractivity contribution in [2.45, 2.75) is 57.7 Å². The van der Waals surface area contributed by atoms with Crippen LogP contribution in [-0.2, 0) is 49.2 Å². The molecule has 1 fully saturated rings. The van der Waals surface area contributed by atoms with Crippen LogP contribution in [0.15, 0.2) is 42.5 Å². The highest BCUT2D eigenvalue weighted by Gasteiger charge is 2.51. The number of methoxy groups -OCH3 is 3. The second-order valence-corrected chi connectivity index (χ2v) is 9.24. The van der Waals surface area contributed by atoms with Crippen LogP contribution >= 0.6 is 0 Å². The van der Waals surface area contributed by atoms with Crippen molar-refractivity contribution in [2.75, 3.05) is 27.9 Å². The zero-order valence-corrected chi connectivity index (χ0v) is 23.3. The molecule has 1 aliphatic heterocycles. The largest absolute Gasteiger partial charge is 0.496 e. The van der Waals surface area contributed by atoms with Crippen LogP contribution in [0.2, 0.25) is 0 Å². The Balaban J connectivity index is 2.05. The Labute approximate surface area is 232 Å². The van der Waals surface area contributed by atoms with E-state index in [9.17, 15) is 19.2 Å². The molecule has 0 N–H and O–H groups in total. The van der Waals surface area contributed by atoms with Gasteiger partial charge in [0.2, 0.25) is 0 Å². The average molecular weight is 559 g/mol. The van der Waals surface area contributed by atoms with Crippen LogP contribution in [0.1, 0.15) is 53.9 Å². The lowest BCUT2D eigenvalue weighted by Crippen LogP contribution is -2.57. The Morgan fingerprint density at radius 1 is 0.825 bits per heavy atom. The molecule has 0 spiro atoms. The van der Waals surface area contributed by atoms with Gasteiger partial charge in [0, 0.05) is 26.5 Å². The average Bonchev–Trinajstić information content (AvgIpc) is 2.91. The van der Waals surface area contributed by atoms with Gasteiger partial charge in [-0.25, -0.2) is 9.59 Å². The Bertz CT molecular complexity index is 1220. The molecule has 11 heteroatoms. The molecule has 0 saturated carbocycles. The summed E-state index contributed by atoms with van der Waals surface area (Å²) in [6.07, 6.45) is -4.72. The van der Waals surface area contributed by atoms with Crippen LogP contribution < -0.4 is 4.74 Å². The molecule has 0 radical (unpaired) electrons. The van der Waals surface area contributed by atoms with Gasteiger partial charge in [-0.1, -0.05) is 18.2 Å². The summed E-state index contributed by atoms with van der Waals surface area (Å²) in [5, 5.41) is 0. The van der Waals surface area contributed by atoms with Crippen LogP contribution in [-0.4, -0.2) is 76.2 Å². The molecule has 40 heavy (non-hydrogen) atoms. The van der Waals surface area contributed by atoms with E-state index in [0.717, 1.165) is 11.1 Å². The first-order valence-corrected chi connectivity index (χ1v) is 12.6. The summed E-state index contributed by atoms with van der Waals surface area (Å²) in [7, 11) is 4.14. The van der Waals surface area contributed by atoms with Crippen molar-refractivity contribution in [3.63, 3.8) is 0 Å². The molecular formula is C29H34O11. The number of ether oxygens (including phenoxy) is 7. The highest BCUT2D eigenvalue weighted by molar-refractivity contribution is 5.89. The number of carbonyl (C=O) groups excluding carboxylic acids is 4. The molecule has 0 unspecified atom stereocenters. The third kappa shape index (κ3) is 7.57. The molecule has 1 heterocycles. The van der Waals surface area contributed by atoms with Crippen LogP contribution in [0.25, 0.3) is 0 Å². The van der Waals surface area contributed by atoms with Gasteiger partial charge in [-0.05, 0) is 48.7 Å². The molecule has 0 bridgehead atoms. The predicted octanol–water partition coefficient (Wildman–Crippen LogP) is 2.95. The topological polar surface area (TPSA) is 133 Å². The maximum absolute atomic E-state index is 12.5. The normalized spacial score (nSPS) is 22.1. The molecular weight excluding hydrogens is 524 g/mol. The van der Waals surface area contributed by atoms with Crippen molar-refractivity contribution in [3.05, 3.63) is 64.7 Å². The number of rotatable bonds is 10. The van der Waals surface area contributed by atoms with E-state index < -0.39 is 54.4 Å². The highest BCUT2D eigenvalue weighted by atomic mass is 16.7. The minimum atomic E-state index is -1.20. The van der Waals surface area contributed by atoms with E-state index in [-0.39, 0.29) is 6.61 Å². The maximum Gasteiger partial charge on any atom is 0.337 e. The third-order valence-corrected chi connectivity index (χ3v) is 6.26. The Morgan fingerprint density at radius 3 is 2.12 bits per heavy atom. The fraction of sp³-hybridized carbons (Fsp3) is 0.448. The summed E-state index contributed by atoms with van der Waals surface area (Å²) in [6, 6.07) is 12.5. The van der Waals surface area contributed by atoms with Gasteiger partial charge in [-0.15, -0.1) is 0 Å². The minimum absolute atomic E-state index is 0.362. The highest BCUT2D eigenvalue weighted by Crippen LogP contribution is 2.41. The summed E-state index contributed by atoms with van der Waals surface area (Å²) < 4.78 is 38.3. The number of hydrogen-bond donors (Lipinski definition) is 0. The lowest BCUT2D eigenvalue weighted by molar-refractivity contribution is -0.247. The van der Waals surface area contributed by atoms with Gasteiger partial charge in [0.25, 0.3) is 0 Å². The van der Waals surface area contributed by atoms with Crippen LogP contribution in [0.4, 0.5) is 0 Å². The molecule has 216 valence electrons. The van der Waals surface area contributed by atoms with Crippen LogP contribution in [0, 0.1) is 0 Å². The van der Waals surface area contributed by atoms with E-state index in [4.69, 9.17) is 33.2 Å². The smallest absolute Gasteiger partial charge is 0.337 e. The molecule has 11 nitrogen and oxygen atoms in total. The van der Waals surface area contributed by atoms with Crippen molar-refractivity contribution in [1.29, 1.82) is 0 Å². The molecule has 0 amide bonds. The SMILES string of the molecule is COCC(=O)O[C@@H]1[C@H](OC(C)=O)[C@H](C)O[C@H](c2cc(Cc3cccc(C(=O)OC)c3)ccc2OC)[C@H]1OC(C)=O. The van der Waals surface area contributed by atoms with E-state index in [0.29, 0.717) is 23.3 Å². The van der Waals surface area contributed by atoms with Gasteiger partial charge >= 0.3 is 23.9 Å². The lowest BCUT2D eigenvalue weighted by Gasteiger charge is -2.44. The molecule has 2 aromatic rings. The molecule has 2 aromatic carbocycles. The van der Waals surface area contributed by atoms with E-state index >= 15 is 0 Å². The van der Waals surface area contributed by atoms with Gasteiger partial charge in [-0.2, -0.15) is 0 Å². The van der Waals surface area contributed by atoms with E-state index in [1.165, 1.54) is 35.2 Å². The fourth-order valence-corrected chi connectivity index (χ4v) is 4.65. The monoisotopic (exact) mass is 558 g/mol. The number of carbonyl (C=O) groups is 4. The summed E-state index contributed by atoms with van der Waals surface area (Å²) >= 11 is 0. The Kier molecular flexibility index (Phi) is 10.6. The maximum atomic E-state index is 12.5. The van der Waals surface area contributed by atoms with Gasteiger partial charge in [0.1, 0.15) is 18.5 Å². The fourth-order valence-electron chi connectivity index (χ4n) is 4.65. The zero-order chi connectivity index (χ0) is 29.4. The molecule has 1 aliphatic rings. The van der Waals surface area contributed by atoms with Gasteiger partial charge in [0.05, 0.1) is 25.9 Å². The molecule has 0 aliphatic carbocycles. The second-order valence-electron chi connectivity index (χ2n) is 9.24. The second kappa shape index (κ2) is 13.9. The summed E-state index contributed by atoms with van der Waals surface area (Å²) in [5.74, 6) is -2.02. The van der Waals surface area contributed by atoms with Crippen molar-refractivity contribution in [2.24, 2.45) is 0 Å². The van der Waals surface area contributed by atoms with Gasteiger partial charge < -0.3 is 33.2 Å². The first kappa shape index (κ1) is 30.6. The van der Waals surface area contributed by atoms with Gasteiger partial charge in [0.15, 0.2) is 18.3 Å². The molecule has 0 aromatic heterocycles. The lowest BCUT2D eigenvalue weighted by atomic mass is 9.89. The number of esters is 4. The Morgan fingerprint density at radius 2 is 1.50 bits per heavy atom. The predicted molar refractivity (Wildman–Crippen MR) is 140 cm³/mol. The van der Waals surface area contributed by atoms with E-state index in [2.05, 4.69) is 0 Å². The number of benzene rings is 2. The van der Waals surface area contributed by atoms with E-state index in [1.54, 1.807) is 31.2 Å². The zero-order valence-electron chi connectivity index (χ0n) is 23.3.